The maximum absolute atomic E-state index is 12.8. The monoisotopic (exact) mass is 931 g/mol. The molecular weight excluding hydrogens is 829 g/mol. The van der Waals surface area contributed by atoms with E-state index in [0.717, 1.165) is 128 Å². The molecule has 0 aromatic carbocycles. The molecule has 0 aliphatic heterocycles. The number of unbranched alkanes of at least 4 members (excludes halogenated alkanes) is 22. The number of esters is 3. The number of carbonyl (C=O) groups is 3. The lowest BCUT2D eigenvalue weighted by molar-refractivity contribution is -0.167. The molecule has 6 heteroatoms. The van der Waals surface area contributed by atoms with E-state index >= 15 is 0 Å². The van der Waals surface area contributed by atoms with Crippen LogP contribution in [-0.2, 0) is 28.6 Å². The molecule has 0 aliphatic carbocycles. The number of hydrogen-bond donors (Lipinski definition) is 0. The third-order valence-electron chi connectivity index (χ3n) is 11.6. The van der Waals surface area contributed by atoms with Crippen molar-refractivity contribution in [2.24, 2.45) is 0 Å². The van der Waals surface area contributed by atoms with E-state index in [0.29, 0.717) is 19.3 Å². The van der Waals surface area contributed by atoms with Crippen LogP contribution in [-0.4, -0.2) is 37.2 Å². The fourth-order valence-electron chi connectivity index (χ4n) is 7.42. The average molecular weight is 931 g/mol. The van der Waals surface area contributed by atoms with Crippen molar-refractivity contribution in [1.82, 2.24) is 0 Å². The van der Waals surface area contributed by atoms with E-state index in [2.05, 4.69) is 118 Å². The summed E-state index contributed by atoms with van der Waals surface area (Å²) in [7, 11) is 0. The zero-order valence-electron chi connectivity index (χ0n) is 43.6. The zero-order valence-corrected chi connectivity index (χ0v) is 43.6. The molecular formula is C61H102O6. The molecule has 0 heterocycles. The quantitative estimate of drug-likeness (QED) is 0.0262. The van der Waals surface area contributed by atoms with Gasteiger partial charge in [-0.25, -0.2) is 0 Å². The van der Waals surface area contributed by atoms with Crippen molar-refractivity contribution in [3.8, 4) is 0 Å². The van der Waals surface area contributed by atoms with E-state index in [-0.39, 0.29) is 31.1 Å². The smallest absolute Gasteiger partial charge is 0.306 e. The minimum absolute atomic E-state index is 0.0864. The van der Waals surface area contributed by atoms with Gasteiger partial charge in [0, 0.05) is 19.3 Å². The Bertz CT molecular complexity index is 1350. The zero-order chi connectivity index (χ0) is 48.6. The van der Waals surface area contributed by atoms with Crippen molar-refractivity contribution in [3.05, 3.63) is 97.2 Å². The van der Waals surface area contributed by atoms with Crippen LogP contribution in [0.15, 0.2) is 97.2 Å². The topological polar surface area (TPSA) is 78.9 Å². The molecule has 1 unspecified atom stereocenters. The van der Waals surface area contributed by atoms with Crippen molar-refractivity contribution >= 4 is 17.9 Å². The number of rotatable bonds is 49. The molecule has 0 rings (SSSR count). The molecule has 0 fully saturated rings. The summed E-state index contributed by atoms with van der Waals surface area (Å²) in [4.78, 5) is 37.7. The molecule has 1 atom stereocenters. The SMILES string of the molecule is CC/C=C\C/C=C\C/C=C\C/C=C\C/C=C\C/C=C\C/C=C\CCCCCCCC(=O)OCC(COC(=O)CCCCCCC)OC(=O)CCCCCCCCC/C=C\CCCCCCCC. The van der Waals surface area contributed by atoms with Crippen LogP contribution in [0.3, 0.4) is 0 Å². The molecule has 0 saturated heterocycles. The van der Waals surface area contributed by atoms with Crippen LogP contribution < -0.4 is 0 Å². The number of allylic oxidation sites excluding steroid dienone is 16. The van der Waals surface area contributed by atoms with E-state index in [1.807, 2.05) is 0 Å². The third kappa shape index (κ3) is 53.2. The van der Waals surface area contributed by atoms with Crippen LogP contribution in [0.4, 0.5) is 0 Å². The van der Waals surface area contributed by atoms with Gasteiger partial charge in [-0.3, -0.25) is 14.4 Å². The predicted octanol–water partition coefficient (Wildman–Crippen LogP) is 18.5. The highest BCUT2D eigenvalue weighted by molar-refractivity contribution is 5.71. The highest BCUT2D eigenvalue weighted by Crippen LogP contribution is 2.14. The molecule has 382 valence electrons. The van der Waals surface area contributed by atoms with Crippen LogP contribution in [0, 0.1) is 0 Å². The van der Waals surface area contributed by atoms with E-state index < -0.39 is 6.10 Å². The maximum Gasteiger partial charge on any atom is 0.306 e. The summed E-state index contributed by atoms with van der Waals surface area (Å²) in [6.45, 7) is 6.41. The molecule has 0 aromatic heterocycles. The Balaban J connectivity index is 4.18. The summed E-state index contributed by atoms with van der Waals surface area (Å²) in [5, 5.41) is 0. The van der Waals surface area contributed by atoms with Gasteiger partial charge in [0.15, 0.2) is 6.10 Å². The molecule has 67 heavy (non-hydrogen) atoms. The van der Waals surface area contributed by atoms with Gasteiger partial charge in [0.05, 0.1) is 0 Å². The Labute approximate surface area is 413 Å². The number of ether oxygens (including phenoxy) is 3. The Kier molecular flexibility index (Phi) is 51.9. The highest BCUT2D eigenvalue weighted by atomic mass is 16.6. The first-order valence-electron chi connectivity index (χ1n) is 27.7. The minimum Gasteiger partial charge on any atom is -0.462 e. The summed E-state index contributed by atoms with van der Waals surface area (Å²) in [6.07, 6.45) is 72.9. The number of hydrogen-bond acceptors (Lipinski definition) is 6. The van der Waals surface area contributed by atoms with Gasteiger partial charge in [-0.15, -0.1) is 0 Å². The molecule has 6 nitrogen and oxygen atoms in total. The Morgan fingerprint density at radius 1 is 0.313 bits per heavy atom. The number of carbonyl (C=O) groups excluding carboxylic acids is 3. The van der Waals surface area contributed by atoms with Crippen LogP contribution in [0.1, 0.15) is 252 Å². The second-order valence-corrected chi connectivity index (χ2v) is 18.1. The van der Waals surface area contributed by atoms with Gasteiger partial charge in [0.2, 0.25) is 0 Å². The van der Waals surface area contributed by atoms with Crippen molar-refractivity contribution in [1.29, 1.82) is 0 Å². The molecule has 0 aromatic rings. The molecule has 0 bridgehead atoms. The molecule has 0 amide bonds. The van der Waals surface area contributed by atoms with Gasteiger partial charge >= 0.3 is 17.9 Å². The molecule has 0 spiro atoms. The first-order chi connectivity index (χ1) is 33.0. The normalized spacial score (nSPS) is 12.8. The lowest BCUT2D eigenvalue weighted by atomic mass is 10.1. The highest BCUT2D eigenvalue weighted by Gasteiger charge is 2.19. The third-order valence-corrected chi connectivity index (χ3v) is 11.6. The van der Waals surface area contributed by atoms with Gasteiger partial charge in [0.1, 0.15) is 13.2 Å². The van der Waals surface area contributed by atoms with Crippen molar-refractivity contribution in [3.63, 3.8) is 0 Å². The second kappa shape index (κ2) is 54.9. The Hall–Kier alpha value is -3.67. The van der Waals surface area contributed by atoms with Crippen LogP contribution in [0.5, 0.6) is 0 Å². The van der Waals surface area contributed by atoms with Crippen molar-refractivity contribution < 1.29 is 28.6 Å². The predicted molar refractivity (Wildman–Crippen MR) is 288 cm³/mol. The van der Waals surface area contributed by atoms with Gasteiger partial charge in [-0.05, 0) is 103 Å². The first-order valence-corrected chi connectivity index (χ1v) is 27.7. The summed E-state index contributed by atoms with van der Waals surface area (Å²) in [6, 6.07) is 0. The van der Waals surface area contributed by atoms with Crippen LogP contribution in [0.25, 0.3) is 0 Å². The van der Waals surface area contributed by atoms with E-state index in [1.54, 1.807) is 0 Å². The Morgan fingerprint density at radius 3 is 0.925 bits per heavy atom. The lowest BCUT2D eigenvalue weighted by Gasteiger charge is -2.18. The molecule has 0 N–H and O–H groups in total. The maximum atomic E-state index is 12.8. The van der Waals surface area contributed by atoms with E-state index in [1.165, 1.54) is 83.5 Å². The largest absolute Gasteiger partial charge is 0.462 e. The molecule has 0 saturated carbocycles. The fourth-order valence-corrected chi connectivity index (χ4v) is 7.42. The van der Waals surface area contributed by atoms with Gasteiger partial charge in [-0.1, -0.05) is 227 Å². The van der Waals surface area contributed by atoms with E-state index in [9.17, 15) is 14.4 Å². The lowest BCUT2D eigenvalue weighted by Crippen LogP contribution is -2.30. The van der Waals surface area contributed by atoms with Crippen LogP contribution >= 0.6 is 0 Å². The Morgan fingerprint density at radius 2 is 0.582 bits per heavy atom. The minimum atomic E-state index is -0.784. The summed E-state index contributed by atoms with van der Waals surface area (Å²) < 4.78 is 16.7. The van der Waals surface area contributed by atoms with Gasteiger partial charge in [0.25, 0.3) is 0 Å². The fraction of sp³-hybridized carbons (Fsp3) is 0.689. The molecule has 0 radical (unpaired) electrons. The van der Waals surface area contributed by atoms with Crippen molar-refractivity contribution in [2.45, 2.75) is 258 Å². The second-order valence-electron chi connectivity index (χ2n) is 18.1. The molecule has 0 aliphatic rings. The van der Waals surface area contributed by atoms with E-state index in [4.69, 9.17) is 14.2 Å². The van der Waals surface area contributed by atoms with Crippen molar-refractivity contribution in [2.75, 3.05) is 13.2 Å². The first kappa shape index (κ1) is 63.3. The average Bonchev–Trinajstić information content (AvgIpc) is 3.33. The van der Waals surface area contributed by atoms with Gasteiger partial charge < -0.3 is 14.2 Å². The standard InChI is InChI=1S/C61H102O6/c1-4-7-10-13-15-17-19-21-23-25-26-27-28-29-30-31-32-33-34-36-37-39-41-43-45-48-51-54-60(63)66-57-58(56-65-59(62)53-50-47-12-9-6-3)67-61(64)55-52-49-46-44-42-40-38-35-24-22-20-18-16-14-11-8-5-2/h7,10,15,17,21-24,26-27,29-30,32-33,36-37,58H,4-6,8-9,11-14,16,18-20,25,28,31,34-35,38-57H2,1-3H3/b10-7-,17-15-,23-21-,24-22-,27-26-,30-29-,33-32-,37-36-. The summed E-state index contributed by atoms with van der Waals surface area (Å²) in [5.41, 5.74) is 0. The summed E-state index contributed by atoms with van der Waals surface area (Å²) in [5.74, 6) is -0.925. The van der Waals surface area contributed by atoms with Gasteiger partial charge in [-0.2, -0.15) is 0 Å². The summed E-state index contributed by atoms with van der Waals surface area (Å²) >= 11 is 0. The van der Waals surface area contributed by atoms with Crippen LogP contribution in [0.2, 0.25) is 0 Å².